The number of hydrogen-bond acceptors (Lipinski definition) is 6. The third-order valence-electron chi connectivity index (χ3n) is 1.85. The maximum Gasteiger partial charge on any atom is 0.348 e. The Kier molecular flexibility index (Phi) is 2.46. The van der Waals surface area contributed by atoms with E-state index in [1.165, 1.54) is 13.1 Å². The number of aldehydes is 1. The Hall–Kier alpha value is -2.51. The predicted molar refractivity (Wildman–Crippen MR) is 57.3 cm³/mol. The molecule has 3 N–H and O–H groups in total. The van der Waals surface area contributed by atoms with Crippen LogP contribution < -0.4 is 11.1 Å². The highest BCUT2D eigenvalue weighted by atomic mass is 16.1. The van der Waals surface area contributed by atoms with Crippen LogP contribution in [0, 0.1) is 0 Å². The van der Waals surface area contributed by atoms with Gasteiger partial charge >= 0.3 is 5.69 Å². The van der Waals surface area contributed by atoms with E-state index in [1.54, 1.807) is 0 Å². The van der Waals surface area contributed by atoms with Crippen LogP contribution in [0.15, 0.2) is 16.1 Å². The van der Waals surface area contributed by atoms with Crippen LogP contribution in [0.5, 0.6) is 0 Å². The van der Waals surface area contributed by atoms with E-state index in [9.17, 15) is 9.59 Å². The lowest BCUT2D eigenvalue weighted by Crippen LogP contribution is -2.12. The molecule has 0 aromatic carbocycles. The van der Waals surface area contributed by atoms with Crippen molar-refractivity contribution in [3.05, 3.63) is 16.7 Å². The first kappa shape index (κ1) is 10.0. The third-order valence-corrected chi connectivity index (χ3v) is 1.85. The van der Waals surface area contributed by atoms with Gasteiger partial charge in [-0.3, -0.25) is 20.3 Å². The molecule has 0 aliphatic rings. The smallest absolute Gasteiger partial charge is 0.296 e. The number of aromatic amines is 2. The van der Waals surface area contributed by atoms with Crippen LogP contribution in [0.25, 0.3) is 11.0 Å². The lowest BCUT2D eigenvalue weighted by molar-refractivity contribution is -0.102. The van der Waals surface area contributed by atoms with Crippen LogP contribution in [0.1, 0.15) is 6.92 Å². The van der Waals surface area contributed by atoms with Crippen molar-refractivity contribution in [2.45, 2.75) is 6.92 Å². The van der Waals surface area contributed by atoms with Crippen molar-refractivity contribution >= 4 is 28.8 Å². The predicted octanol–water partition coefficient (Wildman–Crippen LogP) is -0.367. The molecule has 2 heterocycles. The number of rotatable bonds is 3. The molecule has 2 aromatic rings. The number of carbonyl (C=O) groups excluding carboxylic acids is 1. The van der Waals surface area contributed by atoms with E-state index in [0.29, 0.717) is 17.3 Å². The fourth-order valence-corrected chi connectivity index (χ4v) is 1.11. The topological polar surface area (TPSA) is 116 Å². The second-order valence-corrected chi connectivity index (χ2v) is 3.03. The van der Waals surface area contributed by atoms with Crippen LogP contribution >= 0.6 is 0 Å². The number of anilines is 1. The maximum atomic E-state index is 11.1. The van der Waals surface area contributed by atoms with Crippen molar-refractivity contribution in [2.24, 2.45) is 5.10 Å². The second-order valence-electron chi connectivity index (χ2n) is 3.03. The van der Waals surface area contributed by atoms with E-state index in [-0.39, 0.29) is 11.5 Å². The van der Waals surface area contributed by atoms with Crippen molar-refractivity contribution in [3.8, 4) is 0 Å². The van der Waals surface area contributed by atoms with E-state index < -0.39 is 5.69 Å². The zero-order chi connectivity index (χ0) is 11.5. The summed E-state index contributed by atoms with van der Waals surface area (Å²) in [6.07, 6.45) is 2.08. The van der Waals surface area contributed by atoms with Gasteiger partial charge in [-0.2, -0.15) is 15.2 Å². The largest absolute Gasteiger partial charge is 0.348 e. The molecule has 0 aliphatic heterocycles. The van der Waals surface area contributed by atoms with E-state index >= 15 is 0 Å². The van der Waals surface area contributed by atoms with Crippen LogP contribution in [-0.4, -0.2) is 32.2 Å². The van der Waals surface area contributed by atoms with Crippen molar-refractivity contribution in [2.75, 3.05) is 5.43 Å². The standard InChI is InChI=1S/C8H8N6O2/c1-4(3-15)12-14-7-5-2-9-13-6(5)10-8(16)11-7/h2-3H,1H3,(H3,9,10,11,13,14,16)/b12-4+. The normalized spacial score (nSPS) is 11.7. The van der Waals surface area contributed by atoms with Crippen LogP contribution in [0.3, 0.4) is 0 Å². The molecule has 0 saturated heterocycles. The lowest BCUT2D eigenvalue weighted by atomic mass is 10.4. The molecule has 0 amide bonds. The summed E-state index contributed by atoms with van der Waals surface area (Å²) in [4.78, 5) is 27.6. The molecule has 2 rings (SSSR count). The summed E-state index contributed by atoms with van der Waals surface area (Å²) in [5, 5.41) is 10.7. The average Bonchev–Trinajstić information content (AvgIpc) is 2.73. The summed E-state index contributed by atoms with van der Waals surface area (Å²) in [7, 11) is 0. The Labute approximate surface area is 88.8 Å². The first-order valence-corrected chi connectivity index (χ1v) is 4.39. The number of hydrogen-bond donors (Lipinski definition) is 3. The van der Waals surface area contributed by atoms with Gasteiger partial charge in [-0.05, 0) is 6.92 Å². The van der Waals surface area contributed by atoms with E-state index in [0.717, 1.165) is 0 Å². The van der Waals surface area contributed by atoms with Crippen LogP contribution in [0.4, 0.5) is 5.82 Å². The number of carbonyl (C=O) groups is 1. The molecule has 0 bridgehead atoms. The van der Waals surface area contributed by atoms with Gasteiger partial charge in [-0.15, -0.1) is 0 Å². The van der Waals surface area contributed by atoms with Gasteiger partial charge < -0.3 is 0 Å². The van der Waals surface area contributed by atoms with Crippen molar-refractivity contribution < 1.29 is 4.79 Å². The van der Waals surface area contributed by atoms with Crippen LogP contribution in [0.2, 0.25) is 0 Å². The number of fused-ring (bicyclic) bond motifs is 1. The number of aromatic nitrogens is 4. The average molecular weight is 220 g/mol. The summed E-state index contributed by atoms with van der Waals surface area (Å²) in [6, 6.07) is 0. The van der Waals surface area contributed by atoms with Gasteiger partial charge in [0.1, 0.15) is 5.65 Å². The molecule has 0 radical (unpaired) electrons. The molecule has 0 aliphatic carbocycles. The fraction of sp³-hybridized carbons (Fsp3) is 0.125. The molecule has 16 heavy (non-hydrogen) atoms. The number of nitrogens with zero attached hydrogens (tertiary/aromatic N) is 3. The van der Waals surface area contributed by atoms with Gasteiger partial charge in [-0.1, -0.05) is 0 Å². The fourth-order valence-electron chi connectivity index (χ4n) is 1.11. The maximum absolute atomic E-state index is 11.1. The van der Waals surface area contributed by atoms with Crippen LogP contribution in [-0.2, 0) is 4.79 Å². The molecule has 0 unspecified atom stereocenters. The number of hydrazone groups is 1. The first-order chi connectivity index (χ1) is 7.70. The van der Waals surface area contributed by atoms with Gasteiger partial charge in [0.15, 0.2) is 12.1 Å². The van der Waals surface area contributed by atoms with Gasteiger partial charge in [0.25, 0.3) is 0 Å². The van der Waals surface area contributed by atoms with Gasteiger partial charge in [0.05, 0.1) is 17.3 Å². The molecule has 8 nitrogen and oxygen atoms in total. The zero-order valence-corrected chi connectivity index (χ0v) is 8.31. The summed E-state index contributed by atoms with van der Waals surface area (Å²) in [6.45, 7) is 1.53. The molecule has 0 spiro atoms. The molecular weight excluding hydrogens is 212 g/mol. The highest BCUT2D eigenvalue weighted by Crippen LogP contribution is 2.14. The summed E-state index contributed by atoms with van der Waals surface area (Å²) >= 11 is 0. The Balaban J connectivity index is 2.47. The Morgan fingerprint density at radius 3 is 3.19 bits per heavy atom. The van der Waals surface area contributed by atoms with Crippen molar-refractivity contribution in [3.63, 3.8) is 0 Å². The van der Waals surface area contributed by atoms with E-state index in [2.05, 4.69) is 30.7 Å². The van der Waals surface area contributed by atoms with E-state index in [4.69, 9.17) is 0 Å². The third kappa shape index (κ3) is 1.80. The zero-order valence-electron chi connectivity index (χ0n) is 8.31. The highest BCUT2D eigenvalue weighted by Gasteiger charge is 2.05. The highest BCUT2D eigenvalue weighted by molar-refractivity contribution is 6.27. The van der Waals surface area contributed by atoms with Crippen molar-refractivity contribution in [1.29, 1.82) is 0 Å². The minimum atomic E-state index is -0.529. The monoisotopic (exact) mass is 220 g/mol. The molecular formula is C8H8N6O2. The Bertz CT molecular complexity index is 610. The minimum absolute atomic E-state index is 0.244. The van der Waals surface area contributed by atoms with E-state index in [1.807, 2.05) is 0 Å². The number of H-pyrrole nitrogens is 2. The molecule has 82 valence electrons. The molecule has 0 atom stereocenters. The quantitative estimate of drug-likeness (QED) is 0.371. The summed E-state index contributed by atoms with van der Waals surface area (Å²) in [5.74, 6) is 0.244. The SMILES string of the molecule is C/C(C=O)=N\Nc1nc(=O)[nH]c2[nH]ncc12. The Morgan fingerprint density at radius 1 is 1.62 bits per heavy atom. The summed E-state index contributed by atoms with van der Waals surface area (Å²) < 4.78 is 0. The van der Waals surface area contributed by atoms with Crippen molar-refractivity contribution in [1.82, 2.24) is 20.2 Å². The summed E-state index contributed by atoms with van der Waals surface area (Å²) in [5.41, 5.74) is 2.70. The Morgan fingerprint density at radius 2 is 2.44 bits per heavy atom. The van der Waals surface area contributed by atoms with Gasteiger partial charge in [-0.25, -0.2) is 4.79 Å². The first-order valence-electron chi connectivity index (χ1n) is 4.39. The van der Waals surface area contributed by atoms with Gasteiger partial charge in [0.2, 0.25) is 0 Å². The minimum Gasteiger partial charge on any atom is -0.296 e. The molecule has 8 heteroatoms. The molecule has 2 aromatic heterocycles. The molecule has 0 fully saturated rings. The number of nitrogens with one attached hydrogen (secondary N) is 3. The van der Waals surface area contributed by atoms with Gasteiger partial charge in [0, 0.05) is 0 Å². The molecule has 0 saturated carbocycles. The lowest BCUT2D eigenvalue weighted by Gasteiger charge is -1.99. The second kappa shape index (κ2) is 3.93.